The third kappa shape index (κ3) is 4.51. The Balaban J connectivity index is 2.00. The Morgan fingerprint density at radius 2 is 1.90 bits per heavy atom. The van der Waals surface area contributed by atoms with Gasteiger partial charge in [0.15, 0.2) is 0 Å². The highest BCUT2D eigenvalue weighted by molar-refractivity contribution is 9.10. The normalized spacial score (nSPS) is 10.6. The predicted octanol–water partition coefficient (Wildman–Crippen LogP) is 4.79. The van der Waals surface area contributed by atoms with Crippen LogP contribution >= 0.6 is 27.5 Å². The summed E-state index contributed by atoms with van der Waals surface area (Å²) in [5.41, 5.74) is 2.30. The van der Waals surface area contributed by atoms with Gasteiger partial charge in [0.2, 0.25) is 0 Å². The monoisotopic (exact) mass is 353 g/mol. The molecule has 20 heavy (non-hydrogen) atoms. The number of ether oxygens (including phenoxy) is 1. The van der Waals surface area contributed by atoms with E-state index in [1.165, 1.54) is 5.56 Å². The van der Waals surface area contributed by atoms with Crippen molar-refractivity contribution in [2.45, 2.75) is 20.1 Å². The number of hydrogen-bond donors (Lipinski definition) is 1. The summed E-state index contributed by atoms with van der Waals surface area (Å²) in [6.45, 7) is 4.41. The molecule has 2 aromatic rings. The fourth-order valence-corrected chi connectivity index (χ4v) is 2.30. The first kappa shape index (κ1) is 15.4. The van der Waals surface area contributed by atoms with Crippen LogP contribution < -0.4 is 10.1 Å². The van der Waals surface area contributed by atoms with E-state index >= 15 is 0 Å². The zero-order valence-corrected chi connectivity index (χ0v) is 13.7. The van der Waals surface area contributed by atoms with E-state index in [1.54, 1.807) is 0 Å². The van der Waals surface area contributed by atoms with Gasteiger partial charge in [-0.2, -0.15) is 0 Å². The molecule has 1 N–H and O–H groups in total. The van der Waals surface area contributed by atoms with Crippen LogP contribution in [0.2, 0.25) is 5.02 Å². The van der Waals surface area contributed by atoms with Crippen LogP contribution in [0.3, 0.4) is 0 Å². The third-order valence-corrected chi connectivity index (χ3v) is 3.93. The average Bonchev–Trinajstić information content (AvgIpc) is 2.46. The molecule has 4 heteroatoms. The molecule has 2 rings (SSSR count). The first-order valence-electron chi connectivity index (χ1n) is 6.55. The molecule has 0 heterocycles. The van der Waals surface area contributed by atoms with Gasteiger partial charge < -0.3 is 10.1 Å². The molecule has 0 amide bonds. The van der Waals surface area contributed by atoms with Crippen molar-refractivity contribution >= 4 is 27.5 Å². The summed E-state index contributed by atoms with van der Waals surface area (Å²) in [7, 11) is 0. The van der Waals surface area contributed by atoms with Crippen LogP contribution in [0.4, 0.5) is 0 Å². The van der Waals surface area contributed by atoms with Gasteiger partial charge in [-0.05, 0) is 48.0 Å². The molecule has 0 aliphatic rings. The van der Waals surface area contributed by atoms with E-state index < -0.39 is 0 Å². The molecule has 0 saturated heterocycles. The van der Waals surface area contributed by atoms with E-state index in [0.29, 0.717) is 6.61 Å². The molecule has 0 saturated carbocycles. The number of hydrogen-bond acceptors (Lipinski definition) is 2. The van der Waals surface area contributed by atoms with E-state index in [1.807, 2.05) is 36.4 Å². The lowest BCUT2D eigenvalue weighted by Crippen LogP contribution is -2.12. The van der Waals surface area contributed by atoms with Crippen molar-refractivity contribution in [1.82, 2.24) is 5.32 Å². The molecule has 0 aromatic heterocycles. The third-order valence-electron chi connectivity index (χ3n) is 2.90. The highest BCUT2D eigenvalue weighted by Gasteiger charge is 2.03. The minimum absolute atomic E-state index is 0.541. The molecule has 0 aliphatic carbocycles. The highest BCUT2D eigenvalue weighted by Crippen LogP contribution is 2.23. The van der Waals surface area contributed by atoms with Crippen molar-refractivity contribution in [2.75, 3.05) is 6.54 Å². The molecule has 0 bridgehead atoms. The Kier molecular flexibility index (Phi) is 5.89. The van der Waals surface area contributed by atoms with Gasteiger partial charge in [-0.3, -0.25) is 0 Å². The highest BCUT2D eigenvalue weighted by atomic mass is 79.9. The molecular weight excluding hydrogens is 338 g/mol. The molecule has 0 aliphatic heterocycles. The van der Waals surface area contributed by atoms with E-state index in [4.69, 9.17) is 16.3 Å². The summed E-state index contributed by atoms with van der Waals surface area (Å²) in [5.74, 6) is 0.871. The lowest BCUT2D eigenvalue weighted by atomic mass is 10.2. The molecular formula is C16H17BrClNO. The van der Waals surface area contributed by atoms with Crippen molar-refractivity contribution in [2.24, 2.45) is 0 Å². The zero-order chi connectivity index (χ0) is 14.4. The summed E-state index contributed by atoms with van der Waals surface area (Å²) in [6.07, 6.45) is 0. The van der Waals surface area contributed by atoms with Crippen LogP contribution in [0.5, 0.6) is 5.75 Å². The van der Waals surface area contributed by atoms with Gasteiger partial charge in [-0.25, -0.2) is 0 Å². The van der Waals surface area contributed by atoms with Crippen LogP contribution in [-0.4, -0.2) is 6.54 Å². The smallest absolute Gasteiger partial charge is 0.120 e. The molecule has 0 radical (unpaired) electrons. The maximum absolute atomic E-state index is 5.86. The molecule has 2 aromatic carbocycles. The molecule has 106 valence electrons. The van der Waals surface area contributed by atoms with Crippen LogP contribution in [0.25, 0.3) is 0 Å². The van der Waals surface area contributed by atoms with Crippen LogP contribution in [0, 0.1) is 0 Å². The molecule has 2 nitrogen and oxygen atoms in total. The Labute approximate surface area is 133 Å². The van der Waals surface area contributed by atoms with Gasteiger partial charge in [0.05, 0.1) is 0 Å². The number of benzene rings is 2. The van der Waals surface area contributed by atoms with Gasteiger partial charge in [-0.15, -0.1) is 0 Å². The van der Waals surface area contributed by atoms with E-state index in [0.717, 1.165) is 33.9 Å². The Morgan fingerprint density at radius 1 is 1.15 bits per heavy atom. The summed E-state index contributed by atoms with van der Waals surface area (Å²) >= 11 is 9.42. The van der Waals surface area contributed by atoms with Gasteiger partial charge in [0.25, 0.3) is 0 Å². The molecule has 0 atom stereocenters. The quantitative estimate of drug-likeness (QED) is 0.805. The lowest BCUT2D eigenvalue weighted by Gasteiger charge is -2.10. The largest absolute Gasteiger partial charge is 0.489 e. The van der Waals surface area contributed by atoms with Crippen molar-refractivity contribution in [3.8, 4) is 5.75 Å². The predicted molar refractivity (Wildman–Crippen MR) is 87.3 cm³/mol. The fourth-order valence-electron chi connectivity index (χ4n) is 1.78. The molecule has 0 spiro atoms. The summed E-state index contributed by atoms with van der Waals surface area (Å²) in [4.78, 5) is 0. The standard InChI is InChI=1S/C16H17BrClNO/c1-2-19-10-13-9-15(7-8-16(13)17)20-11-12-3-5-14(18)6-4-12/h3-9,19H,2,10-11H2,1H3. The topological polar surface area (TPSA) is 21.3 Å². The van der Waals surface area contributed by atoms with Crippen LogP contribution in [0.1, 0.15) is 18.1 Å². The second-order valence-electron chi connectivity index (χ2n) is 4.45. The Bertz CT molecular complexity index is 557. The lowest BCUT2D eigenvalue weighted by molar-refractivity contribution is 0.306. The number of nitrogens with one attached hydrogen (secondary N) is 1. The summed E-state index contributed by atoms with van der Waals surface area (Å²) in [5, 5.41) is 4.05. The SMILES string of the molecule is CCNCc1cc(OCc2ccc(Cl)cc2)ccc1Br. The molecule has 0 fully saturated rings. The van der Waals surface area contributed by atoms with Crippen LogP contribution in [-0.2, 0) is 13.2 Å². The first-order chi connectivity index (χ1) is 9.69. The second-order valence-corrected chi connectivity index (χ2v) is 5.74. The van der Waals surface area contributed by atoms with Crippen molar-refractivity contribution in [1.29, 1.82) is 0 Å². The average molecular weight is 355 g/mol. The van der Waals surface area contributed by atoms with Gasteiger partial charge in [0, 0.05) is 16.0 Å². The van der Waals surface area contributed by atoms with Crippen molar-refractivity contribution in [3.05, 3.63) is 63.1 Å². The minimum Gasteiger partial charge on any atom is -0.489 e. The van der Waals surface area contributed by atoms with E-state index in [9.17, 15) is 0 Å². The Morgan fingerprint density at radius 3 is 2.60 bits per heavy atom. The minimum atomic E-state index is 0.541. The second kappa shape index (κ2) is 7.67. The maximum Gasteiger partial charge on any atom is 0.120 e. The summed E-state index contributed by atoms with van der Waals surface area (Å²) < 4.78 is 6.91. The van der Waals surface area contributed by atoms with Crippen molar-refractivity contribution < 1.29 is 4.74 Å². The van der Waals surface area contributed by atoms with Gasteiger partial charge in [0.1, 0.15) is 12.4 Å². The van der Waals surface area contributed by atoms with Gasteiger partial charge >= 0.3 is 0 Å². The molecule has 0 unspecified atom stereocenters. The van der Waals surface area contributed by atoms with Crippen LogP contribution in [0.15, 0.2) is 46.9 Å². The fraction of sp³-hybridized carbons (Fsp3) is 0.250. The Hall–Kier alpha value is -1.03. The van der Waals surface area contributed by atoms with Crippen molar-refractivity contribution in [3.63, 3.8) is 0 Å². The van der Waals surface area contributed by atoms with Gasteiger partial charge in [-0.1, -0.05) is 46.6 Å². The maximum atomic E-state index is 5.86. The van der Waals surface area contributed by atoms with E-state index in [2.05, 4.69) is 34.2 Å². The first-order valence-corrected chi connectivity index (χ1v) is 7.72. The zero-order valence-electron chi connectivity index (χ0n) is 11.3. The number of rotatable bonds is 6. The summed E-state index contributed by atoms with van der Waals surface area (Å²) in [6, 6.07) is 13.7. The van der Waals surface area contributed by atoms with E-state index in [-0.39, 0.29) is 0 Å². The number of halogens is 2.